The minimum atomic E-state index is -0.972. The van der Waals surface area contributed by atoms with Gasteiger partial charge in [0.05, 0.1) is 23.6 Å². The zero-order chi connectivity index (χ0) is 19.5. The molecule has 0 bridgehead atoms. The van der Waals surface area contributed by atoms with Crippen molar-refractivity contribution in [2.75, 3.05) is 0 Å². The highest BCUT2D eigenvalue weighted by Gasteiger charge is 2.17. The van der Waals surface area contributed by atoms with Crippen LogP contribution in [0.4, 0.5) is 0 Å². The summed E-state index contributed by atoms with van der Waals surface area (Å²) in [5.41, 5.74) is 4.14. The quantitative estimate of drug-likeness (QED) is 0.383. The van der Waals surface area contributed by atoms with E-state index in [1.54, 1.807) is 37.7 Å². The molecule has 4 aromatic rings. The molecule has 3 aromatic heterocycles. The molecule has 0 fully saturated rings. The lowest BCUT2D eigenvalue weighted by molar-refractivity contribution is -0.131. The monoisotopic (exact) mass is 372 g/mol. The lowest BCUT2D eigenvalue weighted by Gasteiger charge is -2.07. The smallest absolute Gasteiger partial charge is 0.328 e. The Hall–Kier alpha value is -3.93. The predicted octanol–water partition coefficient (Wildman–Crippen LogP) is 5.19. The standard InChI is InChI=1S/C22H16N2O4/c1-14(12-20(25)26)6-7-15-8-9-16-17(13-15)24-22(19-5-3-11-28-19)21(23-16)18-4-2-10-27-18/h2-13H,1H3,(H,25,26). The maximum absolute atomic E-state index is 10.7. The van der Waals surface area contributed by atoms with Gasteiger partial charge in [-0.3, -0.25) is 0 Å². The maximum atomic E-state index is 10.7. The molecule has 0 saturated carbocycles. The van der Waals surface area contributed by atoms with Gasteiger partial charge in [-0.1, -0.05) is 18.2 Å². The third-order valence-electron chi connectivity index (χ3n) is 4.09. The van der Waals surface area contributed by atoms with E-state index >= 15 is 0 Å². The zero-order valence-electron chi connectivity index (χ0n) is 15.0. The number of carboxylic acid groups (broad SMARTS) is 1. The van der Waals surface area contributed by atoms with Gasteiger partial charge in [0.15, 0.2) is 11.5 Å². The zero-order valence-corrected chi connectivity index (χ0v) is 15.0. The average Bonchev–Trinajstić information content (AvgIpc) is 3.38. The van der Waals surface area contributed by atoms with Crippen molar-refractivity contribution < 1.29 is 18.7 Å². The molecule has 28 heavy (non-hydrogen) atoms. The molecule has 0 atom stereocenters. The molecule has 4 rings (SSSR count). The number of fused-ring (bicyclic) bond motifs is 1. The molecule has 0 aliphatic carbocycles. The molecule has 0 aliphatic heterocycles. The number of furan rings is 2. The van der Waals surface area contributed by atoms with Crippen LogP contribution in [0, 0.1) is 0 Å². The van der Waals surface area contributed by atoms with Crippen LogP contribution >= 0.6 is 0 Å². The van der Waals surface area contributed by atoms with Gasteiger partial charge in [0.1, 0.15) is 11.4 Å². The Kier molecular flexibility index (Phi) is 4.60. The van der Waals surface area contributed by atoms with Gasteiger partial charge in [-0.25, -0.2) is 14.8 Å². The third-order valence-corrected chi connectivity index (χ3v) is 4.09. The highest BCUT2D eigenvalue weighted by atomic mass is 16.4. The second-order valence-corrected chi connectivity index (χ2v) is 6.18. The first-order chi connectivity index (χ1) is 13.6. The Bertz CT molecular complexity index is 1190. The van der Waals surface area contributed by atoms with Crippen LogP contribution in [0.25, 0.3) is 40.0 Å². The molecule has 0 aliphatic rings. The van der Waals surface area contributed by atoms with Crippen LogP contribution < -0.4 is 0 Å². The topological polar surface area (TPSA) is 89.4 Å². The summed E-state index contributed by atoms with van der Waals surface area (Å²) >= 11 is 0. The van der Waals surface area contributed by atoms with E-state index in [1.165, 1.54) is 0 Å². The van der Waals surface area contributed by atoms with E-state index < -0.39 is 5.97 Å². The van der Waals surface area contributed by atoms with E-state index in [9.17, 15) is 4.79 Å². The largest absolute Gasteiger partial charge is 0.478 e. The number of hydrogen-bond acceptors (Lipinski definition) is 5. The van der Waals surface area contributed by atoms with Crippen LogP contribution in [0.3, 0.4) is 0 Å². The fourth-order valence-electron chi connectivity index (χ4n) is 2.82. The van der Waals surface area contributed by atoms with Crippen molar-refractivity contribution in [3.8, 4) is 22.9 Å². The van der Waals surface area contributed by atoms with Gasteiger partial charge in [-0.15, -0.1) is 0 Å². The number of carboxylic acids is 1. The number of nitrogens with zero attached hydrogens (tertiary/aromatic N) is 2. The molecule has 3 heterocycles. The van der Waals surface area contributed by atoms with E-state index in [-0.39, 0.29) is 0 Å². The first-order valence-corrected chi connectivity index (χ1v) is 8.59. The number of allylic oxidation sites excluding steroid dienone is 2. The molecular weight excluding hydrogens is 356 g/mol. The van der Waals surface area contributed by atoms with Gasteiger partial charge in [0, 0.05) is 6.08 Å². The van der Waals surface area contributed by atoms with Crippen molar-refractivity contribution in [3.05, 3.63) is 78.3 Å². The molecule has 0 saturated heterocycles. The summed E-state index contributed by atoms with van der Waals surface area (Å²) in [6.07, 6.45) is 7.91. The normalized spacial score (nSPS) is 12.1. The fourth-order valence-corrected chi connectivity index (χ4v) is 2.82. The van der Waals surface area contributed by atoms with E-state index in [0.29, 0.717) is 34.0 Å². The SMILES string of the molecule is CC(C=Cc1ccc2nc(-c3ccco3)c(-c3ccco3)nc2c1)=CC(=O)O. The highest BCUT2D eigenvalue weighted by molar-refractivity contribution is 5.85. The molecule has 0 unspecified atom stereocenters. The minimum absolute atomic E-state index is 0.593. The van der Waals surface area contributed by atoms with Crippen LogP contribution in [-0.4, -0.2) is 21.0 Å². The summed E-state index contributed by atoms with van der Waals surface area (Å²) in [6, 6.07) is 12.9. The van der Waals surface area contributed by atoms with Crippen molar-refractivity contribution in [3.63, 3.8) is 0 Å². The molecule has 0 amide bonds. The number of hydrogen-bond donors (Lipinski definition) is 1. The Morgan fingerprint density at radius 1 is 0.964 bits per heavy atom. The third kappa shape index (κ3) is 3.61. The Labute approximate surface area is 160 Å². The fraction of sp³-hybridized carbons (Fsp3) is 0.0455. The number of carbonyl (C=O) groups is 1. The van der Waals surface area contributed by atoms with Crippen LogP contribution in [0.5, 0.6) is 0 Å². The van der Waals surface area contributed by atoms with E-state index in [0.717, 1.165) is 17.2 Å². The Balaban J connectivity index is 1.81. The van der Waals surface area contributed by atoms with Crippen LogP contribution in [-0.2, 0) is 4.79 Å². The Morgan fingerprint density at radius 3 is 2.18 bits per heavy atom. The number of benzene rings is 1. The second-order valence-electron chi connectivity index (χ2n) is 6.18. The van der Waals surface area contributed by atoms with Crippen LogP contribution in [0.2, 0.25) is 0 Å². The lowest BCUT2D eigenvalue weighted by Crippen LogP contribution is -1.94. The average molecular weight is 372 g/mol. The molecule has 1 N–H and O–H groups in total. The second kappa shape index (κ2) is 7.36. The number of aromatic nitrogens is 2. The molecule has 6 heteroatoms. The van der Waals surface area contributed by atoms with Crippen LogP contribution in [0.15, 0.2) is 81.6 Å². The Morgan fingerprint density at radius 2 is 1.61 bits per heavy atom. The van der Waals surface area contributed by atoms with Crippen LogP contribution in [0.1, 0.15) is 12.5 Å². The molecule has 0 spiro atoms. The van der Waals surface area contributed by atoms with E-state index in [4.69, 9.17) is 23.9 Å². The summed E-state index contributed by atoms with van der Waals surface area (Å²) in [7, 11) is 0. The maximum Gasteiger partial charge on any atom is 0.328 e. The van der Waals surface area contributed by atoms with Gasteiger partial charge in [-0.05, 0) is 54.5 Å². The molecule has 0 radical (unpaired) electrons. The lowest BCUT2D eigenvalue weighted by atomic mass is 10.1. The number of aliphatic carboxylic acids is 1. The minimum Gasteiger partial charge on any atom is -0.478 e. The summed E-state index contributed by atoms with van der Waals surface area (Å²) in [5.74, 6) is 0.237. The van der Waals surface area contributed by atoms with Crippen molar-refractivity contribution in [1.29, 1.82) is 0 Å². The highest BCUT2D eigenvalue weighted by Crippen LogP contribution is 2.31. The predicted molar refractivity (Wildman–Crippen MR) is 105 cm³/mol. The van der Waals surface area contributed by atoms with Gasteiger partial charge in [-0.2, -0.15) is 0 Å². The van der Waals surface area contributed by atoms with Gasteiger partial charge in [0.25, 0.3) is 0 Å². The molecule has 1 aromatic carbocycles. The van der Waals surface area contributed by atoms with Gasteiger partial charge < -0.3 is 13.9 Å². The summed E-state index contributed by atoms with van der Waals surface area (Å²) in [4.78, 5) is 20.2. The van der Waals surface area contributed by atoms with Crippen molar-refractivity contribution in [2.45, 2.75) is 6.92 Å². The summed E-state index contributed by atoms with van der Waals surface area (Å²) < 4.78 is 11.1. The van der Waals surface area contributed by atoms with Crippen molar-refractivity contribution >= 4 is 23.1 Å². The molecule has 6 nitrogen and oxygen atoms in total. The van der Waals surface area contributed by atoms with E-state index in [2.05, 4.69) is 0 Å². The van der Waals surface area contributed by atoms with Gasteiger partial charge in [0.2, 0.25) is 0 Å². The molecular formula is C22H16N2O4. The van der Waals surface area contributed by atoms with E-state index in [1.807, 2.05) is 36.4 Å². The first-order valence-electron chi connectivity index (χ1n) is 8.59. The van der Waals surface area contributed by atoms with Crippen molar-refractivity contribution in [2.24, 2.45) is 0 Å². The van der Waals surface area contributed by atoms with Crippen molar-refractivity contribution in [1.82, 2.24) is 9.97 Å². The number of rotatable bonds is 5. The first kappa shape index (κ1) is 17.5. The van der Waals surface area contributed by atoms with Gasteiger partial charge >= 0.3 is 5.97 Å². The summed E-state index contributed by atoms with van der Waals surface area (Å²) in [5, 5.41) is 8.80. The molecule has 138 valence electrons. The summed E-state index contributed by atoms with van der Waals surface area (Å²) in [6.45, 7) is 1.73.